The molecule has 0 fully saturated rings. The summed E-state index contributed by atoms with van der Waals surface area (Å²) >= 11 is 1.68. The molecule has 0 spiro atoms. The van der Waals surface area contributed by atoms with Crippen molar-refractivity contribution in [2.45, 2.75) is 38.9 Å². The molecule has 0 aliphatic rings. The number of aromatic nitrogens is 1. The number of fused-ring (bicyclic) bond motifs is 5. The average Bonchev–Trinajstić information content (AvgIpc) is 3.33. The molecule has 2 aromatic heterocycles. The largest absolute Gasteiger partial charge is 0.456 e. The van der Waals surface area contributed by atoms with Gasteiger partial charge in [-0.05, 0) is 45.3 Å². The molecule has 0 aliphatic carbocycles. The first kappa shape index (κ1) is 20.2. The smallest absolute Gasteiger partial charge is 0.334 e. The van der Waals surface area contributed by atoms with E-state index in [1.165, 1.54) is 0 Å². The Bertz CT molecular complexity index is 1400. The lowest BCUT2D eigenvalue weighted by Gasteiger charge is -2.37. The van der Waals surface area contributed by atoms with Crippen LogP contribution in [0.25, 0.3) is 42.7 Å². The van der Waals surface area contributed by atoms with Crippen LogP contribution in [0.3, 0.4) is 0 Å². The second-order valence-corrected chi connectivity index (χ2v) is 9.83. The highest BCUT2D eigenvalue weighted by atomic mass is 32.1. The molecule has 5 aromatic rings. The fraction of sp³-hybridized carbons (Fsp3) is 0.240. The summed E-state index contributed by atoms with van der Waals surface area (Å²) < 4.78 is 13.4. The van der Waals surface area contributed by atoms with Gasteiger partial charge in [-0.2, -0.15) is 0 Å². The second-order valence-electron chi connectivity index (χ2n) is 8.80. The molecular weight excluding hydrogens is 405 g/mol. The number of hydrogen-bond donors (Lipinski definition) is 1. The summed E-state index contributed by atoms with van der Waals surface area (Å²) in [5.74, 6) is 0. The van der Waals surface area contributed by atoms with Gasteiger partial charge in [-0.1, -0.05) is 48.5 Å². The van der Waals surface area contributed by atoms with Crippen LogP contribution in [-0.4, -0.2) is 28.8 Å². The molecule has 0 saturated heterocycles. The molecule has 3 aromatic carbocycles. The Hall–Kier alpha value is -2.67. The minimum atomic E-state index is -0.994. The summed E-state index contributed by atoms with van der Waals surface area (Å²) in [4.78, 5) is 4.96. The van der Waals surface area contributed by atoms with Gasteiger partial charge in [0.25, 0.3) is 0 Å². The molecule has 0 saturated carbocycles. The van der Waals surface area contributed by atoms with Crippen LogP contribution in [0.4, 0.5) is 0 Å². The third kappa shape index (κ3) is 3.45. The Morgan fingerprint density at radius 2 is 1.74 bits per heavy atom. The number of aliphatic hydroxyl groups is 1. The van der Waals surface area contributed by atoms with Crippen LogP contribution < -0.4 is 5.46 Å². The maximum atomic E-state index is 10.4. The molecule has 0 amide bonds. The third-order valence-corrected chi connectivity index (χ3v) is 7.09. The topological polar surface area (TPSA) is 55.5 Å². The van der Waals surface area contributed by atoms with Gasteiger partial charge in [-0.25, -0.2) is 4.98 Å². The van der Waals surface area contributed by atoms with Crippen molar-refractivity contribution in [3.63, 3.8) is 0 Å². The van der Waals surface area contributed by atoms with Crippen molar-refractivity contribution in [2.24, 2.45) is 0 Å². The summed E-state index contributed by atoms with van der Waals surface area (Å²) in [5.41, 5.74) is 2.70. The first-order valence-electron chi connectivity index (χ1n) is 10.3. The lowest BCUT2D eigenvalue weighted by Crippen LogP contribution is -2.49. The fourth-order valence-corrected chi connectivity index (χ4v) is 4.43. The van der Waals surface area contributed by atoms with E-state index in [-0.39, 0.29) is 0 Å². The molecule has 31 heavy (non-hydrogen) atoms. The Kier molecular flexibility index (Phi) is 4.70. The number of hydrogen-bond acceptors (Lipinski definition) is 5. The Morgan fingerprint density at radius 1 is 0.968 bits per heavy atom. The third-order valence-electron chi connectivity index (χ3n) is 6.02. The number of thiazole rings is 1. The van der Waals surface area contributed by atoms with E-state index >= 15 is 0 Å². The fourth-order valence-electron chi connectivity index (χ4n) is 3.45. The highest BCUT2D eigenvalue weighted by Gasteiger charge is 2.36. The minimum Gasteiger partial charge on any atom is -0.456 e. The molecule has 0 bridgehead atoms. The molecule has 155 valence electrons. The molecule has 2 heterocycles. The van der Waals surface area contributed by atoms with E-state index in [9.17, 15) is 5.11 Å². The number of furan rings is 1. The lowest BCUT2D eigenvalue weighted by atomic mass is 9.82. The van der Waals surface area contributed by atoms with E-state index in [1.54, 1.807) is 32.7 Å². The highest BCUT2D eigenvalue weighted by Crippen LogP contribution is 2.38. The predicted molar refractivity (Wildman–Crippen MR) is 129 cm³/mol. The van der Waals surface area contributed by atoms with Crippen LogP contribution in [0.15, 0.2) is 65.1 Å². The number of para-hydroxylation sites is 1. The maximum absolute atomic E-state index is 10.4. The average molecular weight is 428 g/mol. The Balaban J connectivity index is 1.63. The maximum Gasteiger partial charge on any atom is 0.334 e. The van der Waals surface area contributed by atoms with Crippen molar-refractivity contribution >= 4 is 56.4 Å². The molecule has 1 radical (unpaired) electrons. The van der Waals surface area contributed by atoms with Gasteiger partial charge in [0.05, 0.1) is 26.8 Å². The van der Waals surface area contributed by atoms with E-state index in [4.69, 9.17) is 14.1 Å². The van der Waals surface area contributed by atoms with Gasteiger partial charge >= 0.3 is 7.48 Å². The zero-order chi connectivity index (χ0) is 21.8. The summed E-state index contributed by atoms with van der Waals surface area (Å²) in [6.07, 6.45) is 0. The van der Waals surface area contributed by atoms with Crippen molar-refractivity contribution < 1.29 is 14.2 Å². The highest BCUT2D eigenvalue weighted by molar-refractivity contribution is 7.21. The van der Waals surface area contributed by atoms with Crippen LogP contribution in [0.1, 0.15) is 27.7 Å². The van der Waals surface area contributed by atoms with E-state index in [2.05, 4.69) is 24.3 Å². The van der Waals surface area contributed by atoms with Crippen molar-refractivity contribution in [3.8, 4) is 10.6 Å². The standard InChI is InChI=1S/C25H23BNO3S/c1-24(2,28)25(3,4)30-26-17-12-8-11-16-20-18(29-22(16)17)13-14-19-21(20)27-23(31-19)15-9-6-5-7-10-15/h5-14,28H,1-4H3. The van der Waals surface area contributed by atoms with Crippen LogP contribution >= 0.6 is 11.3 Å². The van der Waals surface area contributed by atoms with Crippen LogP contribution in [0, 0.1) is 0 Å². The van der Waals surface area contributed by atoms with Gasteiger partial charge in [-0.3, -0.25) is 0 Å². The van der Waals surface area contributed by atoms with Gasteiger partial charge in [0, 0.05) is 10.9 Å². The van der Waals surface area contributed by atoms with E-state index in [0.29, 0.717) is 0 Å². The predicted octanol–water partition coefficient (Wildman–Crippen LogP) is 5.67. The van der Waals surface area contributed by atoms with Gasteiger partial charge in [0.1, 0.15) is 16.2 Å². The summed E-state index contributed by atoms with van der Waals surface area (Å²) in [5, 5.41) is 13.4. The van der Waals surface area contributed by atoms with Gasteiger partial charge in [-0.15, -0.1) is 11.3 Å². The Labute approximate surface area is 185 Å². The van der Waals surface area contributed by atoms with E-state index in [0.717, 1.165) is 48.2 Å². The molecule has 0 atom stereocenters. The zero-order valence-electron chi connectivity index (χ0n) is 18.0. The quantitative estimate of drug-likeness (QED) is 0.367. The molecule has 4 nitrogen and oxygen atoms in total. The van der Waals surface area contributed by atoms with Gasteiger partial charge in [0.2, 0.25) is 0 Å². The SMILES string of the molecule is CC(C)(O)C(C)(C)O[B]c1cccc2c1oc1ccc3sc(-c4ccccc4)nc3c12. The van der Waals surface area contributed by atoms with Crippen molar-refractivity contribution in [1.29, 1.82) is 0 Å². The normalized spacial score (nSPS) is 12.8. The summed E-state index contributed by atoms with van der Waals surface area (Å²) in [7, 11) is 1.68. The number of benzene rings is 3. The molecule has 6 heteroatoms. The van der Waals surface area contributed by atoms with Crippen molar-refractivity contribution in [1.82, 2.24) is 4.98 Å². The Morgan fingerprint density at radius 3 is 2.48 bits per heavy atom. The molecule has 1 N–H and O–H groups in total. The molecule has 5 rings (SSSR count). The van der Waals surface area contributed by atoms with Gasteiger partial charge in [0.15, 0.2) is 0 Å². The first-order valence-corrected chi connectivity index (χ1v) is 11.1. The van der Waals surface area contributed by atoms with Crippen LogP contribution in [0.2, 0.25) is 0 Å². The van der Waals surface area contributed by atoms with Crippen molar-refractivity contribution in [2.75, 3.05) is 0 Å². The first-order chi connectivity index (χ1) is 14.7. The van der Waals surface area contributed by atoms with Crippen LogP contribution in [-0.2, 0) is 4.65 Å². The van der Waals surface area contributed by atoms with Gasteiger partial charge < -0.3 is 14.2 Å². The number of rotatable bonds is 5. The van der Waals surface area contributed by atoms with Crippen molar-refractivity contribution in [3.05, 3.63) is 60.7 Å². The molecule has 0 aliphatic heterocycles. The lowest BCUT2D eigenvalue weighted by molar-refractivity contribution is -0.0893. The summed E-state index contributed by atoms with van der Waals surface area (Å²) in [6.45, 7) is 7.22. The second kappa shape index (κ2) is 7.19. The number of nitrogens with zero attached hydrogens (tertiary/aromatic N) is 1. The van der Waals surface area contributed by atoms with E-state index in [1.807, 2.05) is 50.2 Å². The summed E-state index contributed by atoms with van der Waals surface area (Å²) in [6, 6.07) is 20.3. The van der Waals surface area contributed by atoms with Crippen LogP contribution in [0.5, 0.6) is 0 Å². The van der Waals surface area contributed by atoms with E-state index < -0.39 is 11.2 Å². The molecular formula is C25H23BNO3S. The molecule has 0 unspecified atom stereocenters. The monoisotopic (exact) mass is 428 g/mol. The minimum absolute atomic E-state index is 0.755. The zero-order valence-corrected chi connectivity index (χ0v) is 18.8.